The first-order chi connectivity index (χ1) is 20.1. The molecule has 0 amide bonds. The van der Waals surface area contributed by atoms with Gasteiger partial charge in [0.25, 0.3) is 0 Å². The summed E-state index contributed by atoms with van der Waals surface area (Å²) in [5.74, 6) is 1.62. The molecule has 0 spiro atoms. The lowest BCUT2D eigenvalue weighted by Gasteiger charge is -2.39. The number of nitrogens with zero attached hydrogens (tertiary/aromatic N) is 2. The first kappa shape index (κ1) is 33.2. The molecule has 41 heavy (non-hydrogen) atoms. The summed E-state index contributed by atoms with van der Waals surface area (Å²) in [6, 6.07) is 22.7. The van der Waals surface area contributed by atoms with Crippen LogP contribution in [-0.2, 0) is 11.8 Å². The molecule has 0 saturated heterocycles. The number of hydrogen-bond donors (Lipinski definition) is 0. The number of rotatable bonds is 22. The molecule has 2 aromatic carbocycles. The van der Waals surface area contributed by atoms with Gasteiger partial charge in [0.05, 0.1) is 0 Å². The lowest BCUT2D eigenvalue weighted by molar-refractivity contribution is 0.318. The zero-order valence-electron chi connectivity index (χ0n) is 27.0. The molecule has 0 saturated carbocycles. The first-order valence-corrected chi connectivity index (χ1v) is 17.2. The average Bonchev–Trinajstić information content (AvgIpc) is 3.48. The Bertz CT molecular complexity index is 1040. The minimum atomic E-state index is -0.0311. The van der Waals surface area contributed by atoms with Crippen LogP contribution in [0.2, 0.25) is 0 Å². The molecule has 2 atom stereocenters. The Kier molecular flexibility index (Phi) is 15.3. The number of imidazole rings is 1. The fourth-order valence-corrected chi connectivity index (χ4v) is 6.75. The maximum absolute atomic E-state index is 5.02. The van der Waals surface area contributed by atoms with Crippen molar-refractivity contribution in [3.8, 4) is 0 Å². The van der Waals surface area contributed by atoms with Gasteiger partial charge >= 0.3 is 0 Å². The highest BCUT2D eigenvalue weighted by Crippen LogP contribution is 2.44. The van der Waals surface area contributed by atoms with E-state index in [0.717, 1.165) is 6.42 Å². The monoisotopic (exact) mass is 556 g/mol. The van der Waals surface area contributed by atoms with Crippen LogP contribution < -0.4 is 0 Å². The molecule has 0 fully saturated rings. The van der Waals surface area contributed by atoms with Crippen molar-refractivity contribution >= 4 is 0 Å². The topological polar surface area (TPSA) is 17.8 Å². The molecule has 2 nitrogen and oxygen atoms in total. The minimum absolute atomic E-state index is 0.0311. The predicted octanol–water partition coefficient (Wildman–Crippen LogP) is 12.0. The van der Waals surface area contributed by atoms with E-state index in [1.165, 1.54) is 120 Å². The molecule has 226 valence electrons. The summed E-state index contributed by atoms with van der Waals surface area (Å²) in [4.78, 5) is 5.02. The van der Waals surface area contributed by atoms with Gasteiger partial charge in [-0.1, -0.05) is 171 Å². The average molecular weight is 557 g/mol. The molecule has 0 N–H and O–H groups in total. The molecule has 1 aromatic heterocycles. The molecule has 2 unspecified atom stereocenters. The number of hydrogen-bond acceptors (Lipinski definition) is 1. The van der Waals surface area contributed by atoms with E-state index < -0.39 is 0 Å². The quantitative estimate of drug-likeness (QED) is 0.113. The van der Waals surface area contributed by atoms with Crippen LogP contribution in [0.5, 0.6) is 0 Å². The highest BCUT2D eigenvalue weighted by atomic mass is 15.1. The van der Waals surface area contributed by atoms with Crippen LogP contribution >= 0.6 is 0 Å². The van der Waals surface area contributed by atoms with Crippen LogP contribution in [0.3, 0.4) is 0 Å². The normalized spacial score (nSPS) is 13.9. The van der Waals surface area contributed by atoms with Crippen LogP contribution in [-0.4, -0.2) is 9.55 Å². The summed E-state index contributed by atoms with van der Waals surface area (Å²) in [6.07, 6.45) is 27.5. The Labute approximate surface area is 253 Å². The molecule has 0 aliphatic carbocycles. The second kappa shape index (κ2) is 19.0. The van der Waals surface area contributed by atoms with Crippen molar-refractivity contribution in [2.75, 3.05) is 0 Å². The summed E-state index contributed by atoms with van der Waals surface area (Å²) in [6.45, 7) is 9.36. The molecule has 0 bridgehead atoms. The summed E-state index contributed by atoms with van der Waals surface area (Å²) in [5.41, 5.74) is 2.80. The number of aromatic nitrogens is 2. The second-order valence-electron chi connectivity index (χ2n) is 13.0. The van der Waals surface area contributed by atoms with Gasteiger partial charge in [-0.05, 0) is 37.8 Å². The van der Waals surface area contributed by atoms with E-state index in [2.05, 4.69) is 99.1 Å². The van der Waals surface area contributed by atoms with Crippen LogP contribution in [0, 0.1) is 0 Å². The molecule has 0 aliphatic rings. The van der Waals surface area contributed by atoms with Crippen molar-refractivity contribution in [2.24, 2.45) is 0 Å². The summed E-state index contributed by atoms with van der Waals surface area (Å²) < 4.78 is 2.42. The largest absolute Gasteiger partial charge is 0.332 e. The van der Waals surface area contributed by atoms with Gasteiger partial charge < -0.3 is 4.57 Å². The first-order valence-electron chi connectivity index (χ1n) is 17.2. The van der Waals surface area contributed by atoms with Gasteiger partial charge in [0.1, 0.15) is 5.82 Å². The van der Waals surface area contributed by atoms with Gasteiger partial charge in [-0.2, -0.15) is 0 Å². The second-order valence-corrected chi connectivity index (χ2v) is 13.0. The Balaban J connectivity index is 1.54. The van der Waals surface area contributed by atoms with Crippen molar-refractivity contribution in [1.29, 1.82) is 0 Å². The lowest BCUT2D eigenvalue weighted by atomic mass is 9.66. The van der Waals surface area contributed by atoms with E-state index in [9.17, 15) is 0 Å². The van der Waals surface area contributed by atoms with Crippen molar-refractivity contribution < 1.29 is 0 Å². The Morgan fingerprint density at radius 3 is 1.66 bits per heavy atom. The van der Waals surface area contributed by atoms with Gasteiger partial charge in [-0.25, -0.2) is 4.98 Å². The molecule has 0 aliphatic heterocycles. The maximum atomic E-state index is 5.02. The van der Waals surface area contributed by atoms with Crippen LogP contribution in [0.1, 0.15) is 159 Å². The van der Waals surface area contributed by atoms with E-state index in [-0.39, 0.29) is 5.41 Å². The molecule has 1 heterocycles. The summed E-state index contributed by atoms with van der Waals surface area (Å²) >= 11 is 0. The highest BCUT2D eigenvalue weighted by molar-refractivity contribution is 5.33. The zero-order chi connectivity index (χ0) is 29.2. The Hall–Kier alpha value is -2.35. The Morgan fingerprint density at radius 1 is 0.659 bits per heavy atom. The molecule has 3 aromatic rings. The third kappa shape index (κ3) is 11.1. The fraction of sp³-hybridized carbons (Fsp3) is 0.615. The van der Waals surface area contributed by atoms with Crippen molar-refractivity contribution in [2.45, 2.75) is 154 Å². The molecular weight excluding hydrogens is 496 g/mol. The Morgan fingerprint density at radius 2 is 1.15 bits per heavy atom. The van der Waals surface area contributed by atoms with Gasteiger partial charge in [0.15, 0.2) is 0 Å². The fourth-order valence-electron chi connectivity index (χ4n) is 6.75. The summed E-state index contributed by atoms with van der Waals surface area (Å²) in [7, 11) is 0. The third-order valence-electron chi connectivity index (χ3n) is 9.28. The van der Waals surface area contributed by atoms with Gasteiger partial charge in [-0.3, -0.25) is 0 Å². The highest BCUT2D eigenvalue weighted by Gasteiger charge is 2.39. The lowest BCUT2D eigenvalue weighted by Crippen LogP contribution is -2.35. The van der Waals surface area contributed by atoms with Crippen molar-refractivity contribution in [3.63, 3.8) is 0 Å². The SMILES string of the molecule is CCCCCCCCCCCCCCCCCC(c1nccn1C(C)C)C(C)(Cc1ccccc1)c1ccccc1. The molecule has 0 radical (unpaired) electrons. The van der Waals surface area contributed by atoms with Crippen molar-refractivity contribution in [1.82, 2.24) is 9.55 Å². The van der Waals surface area contributed by atoms with Crippen LogP contribution in [0.15, 0.2) is 73.1 Å². The third-order valence-corrected chi connectivity index (χ3v) is 9.28. The number of unbranched alkanes of at least 4 members (excludes halogenated alkanes) is 14. The van der Waals surface area contributed by atoms with Crippen LogP contribution in [0.4, 0.5) is 0 Å². The number of benzene rings is 2. The van der Waals surface area contributed by atoms with E-state index in [4.69, 9.17) is 4.98 Å². The molecule has 2 heteroatoms. The van der Waals surface area contributed by atoms with E-state index in [0.29, 0.717) is 12.0 Å². The summed E-state index contributed by atoms with van der Waals surface area (Å²) in [5, 5.41) is 0. The smallest absolute Gasteiger partial charge is 0.112 e. The van der Waals surface area contributed by atoms with Crippen molar-refractivity contribution in [3.05, 3.63) is 90.0 Å². The molecular formula is C39H60N2. The molecule has 3 rings (SSSR count). The van der Waals surface area contributed by atoms with Gasteiger partial charge in [0, 0.05) is 29.8 Å². The standard InChI is InChI=1S/C39H60N2/c1-5-6-7-8-9-10-11-12-13-14-15-16-17-18-25-30-37(38-40-31-32-41(38)34(2)3)39(4,36-28-23-20-24-29-36)33-35-26-21-19-22-27-35/h19-24,26-29,31-32,34,37H,5-18,25,30,33H2,1-4H3. The minimum Gasteiger partial charge on any atom is -0.332 e. The van der Waals surface area contributed by atoms with E-state index in [1.807, 2.05) is 6.20 Å². The maximum Gasteiger partial charge on any atom is 0.112 e. The van der Waals surface area contributed by atoms with E-state index >= 15 is 0 Å². The van der Waals surface area contributed by atoms with Gasteiger partial charge in [0.2, 0.25) is 0 Å². The predicted molar refractivity (Wildman–Crippen MR) is 179 cm³/mol. The van der Waals surface area contributed by atoms with Gasteiger partial charge in [-0.15, -0.1) is 0 Å². The zero-order valence-corrected chi connectivity index (χ0v) is 27.0. The van der Waals surface area contributed by atoms with E-state index in [1.54, 1.807) is 0 Å². The van der Waals surface area contributed by atoms with Crippen LogP contribution in [0.25, 0.3) is 0 Å².